The van der Waals surface area contributed by atoms with Crippen LogP contribution in [0.3, 0.4) is 0 Å². The van der Waals surface area contributed by atoms with Gasteiger partial charge in [0.25, 0.3) is 0 Å². The summed E-state index contributed by atoms with van der Waals surface area (Å²) in [5.41, 5.74) is 5.43. The Hall–Kier alpha value is -2.71. The Bertz CT molecular complexity index is 1460. The molecule has 2 aromatic heterocycles. The van der Waals surface area contributed by atoms with Crippen molar-refractivity contribution in [3.8, 4) is 11.3 Å². The maximum atomic E-state index is 4.89. The number of pyridine rings is 1. The predicted octanol–water partition coefficient (Wildman–Crippen LogP) is 9.16. The maximum absolute atomic E-state index is 4.89. The lowest BCUT2D eigenvalue weighted by molar-refractivity contribution is 0.411. The van der Waals surface area contributed by atoms with E-state index in [0.717, 1.165) is 12.1 Å². The summed E-state index contributed by atoms with van der Waals surface area (Å²) < 4.78 is 2.64. The van der Waals surface area contributed by atoms with Gasteiger partial charge in [0.05, 0.1) is 10.4 Å². The van der Waals surface area contributed by atoms with Crippen molar-refractivity contribution in [2.45, 2.75) is 53.4 Å². The number of nitrogens with zero attached hydrogens (tertiary/aromatic N) is 1. The molecule has 162 valence electrons. The quantitative estimate of drug-likeness (QED) is 0.268. The second-order valence-electron chi connectivity index (χ2n) is 11.2. The molecule has 0 spiro atoms. The Kier molecular flexibility index (Phi) is 4.90. The van der Waals surface area contributed by atoms with Crippen molar-refractivity contribution in [1.82, 2.24) is 4.98 Å². The smallest absolute Gasteiger partial charge is 0.0880 e. The number of benzene rings is 3. The van der Waals surface area contributed by atoms with E-state index in [4.69, 9.17) is 4.98 Å². The van der Waals surface area contributed by atoms with E-state index in [1.54, 1.807) is 0 Å². The first kappa shape index (κ1) is 21.2. The Morgan fingerprint density at radius 3 is 2.31 bits per heavy atom. The van der Waals surface area contributed by atoms with Crippen molar-refractivity contribution in [2.24, 2.45) is 5.41 Å². The van der Waals surface area contributed by atoms with E-state index >= 15 is 0 Å². The van der Waals surface area contributed by atoms with Gasteiger partial charge in [0.15, 0.2) is 0 Å². The highest BCUT2D eigenvalue weighted by atomic mass is 32.1. The van der Waals surface area contributed by atoms with Gasteiger partial charge in [0, 0.05) is 27.2 Å². The molecule has 0 N–H and O–H groups in total. The van der Waals surface area contributed by atoms with Gasteiger partial charge in [-0.15, -0.1) is 11.3 Å². The molecular formula is C30H31NS. The van der Waals surface area contributed by atoms with Crippen LogP contribution < -0.4 is 0 Å². The van der Waals surface area contributed by atoms with Gasteiger partial charge in [-0.3, -0.25) is 4.98 Å². The molecule has 5 rings (SSSR count). The third-order valence-corrected chi connectivity index (χ3v) is 7.31. The number of hydrogen-bond acceptors (Lipinski definition) is 2. The number of thiophene rings is 1. The SMILES string of the molecule is CC(C)(C)Cc1ccc2c(c1)sc1c(-c3cc(C(C)(C)C)c4ccccc4c3)nccc12. The highest BCUT2D eigenvalue weighted by Gasteiger charge is 2.20. The van der Waals surface area contributed by atoms with Crippen LogP contribution in [0, 0.1) is 5.41 Å². The lowest BCUT2D eigenvalue weighted by atomic mass is 9.82. The van der Waals surface area contributed by atoms with Gasteiger partial charge in [-0.2, -0.15) is 0 Å². The highest BCUT2D eigenvalue weighted by Crippen LogP contribution is 2.41. The van der Waals surface area contributed by atoms with Crippen LogP contribution in [0.5, 0.6) is 0 Å². The Labute approximate surface area is 195 Å². The first-order valence-corrected chi connectivity index (χ1v) is 12.3. The minimum Gasteiger partial charge on any atom is -0.255 e. The summed E-state index contributed by atoms with van der Waals surface area (Å²) >= 11 is 1.88. The molecule has 0 unspecified atom stereocenters. The zero-order valence-corrected chi connectivity index (χ0v) is 20.7. The molecule has 0 saturated heterocycles. The fourth-order valence-electron chi connectivity index (χ4n) is 4.74. The third kappa shape index (κ3) is 3.82. The number of aromatic nitrogens is 1. The maximum Gasteiger partial charge on any atom is 0.0880 e. The van der Waals surface area contributed by atoms with E-state index in [1.165, 1.54) is 47.6 Å². The molecule has 0 saturated carbocycles. The minimum atomic E-state index is 0.0610. The Morgan fingerprint density at radius 1 is 0.781 bits per heavy atom. The summed E-state index contributed by atoms with van der Waals surface area (Å²) in [4.78, 5) is 4.89. The van der Waals surface area contributed by atoms with E-state index in [-0.39, 0.29) is 10.8 Å². The van der Waals surface area contributed by atoms with Crippen LogP contribution in [-0.4, -0.2) is 4.98 Å². The van der Waals surface area contributed by atoms with Gasteiger partial charge in [-0.1, -0.05) is 77.9 Å². The van der Waals surface area contributed by atoms with Gasteiger partial charge in [-0.05, 0) is 63.4 Å². The number of hydrogen-bond donors (Lipinski definition) is 0. The van der Waals surface area contributed by atoms with E-state index in [2.05, 4.69) is 102 Å². The third-order valence-electron chi connectivity index (χ3n) is 6.13. The summed E-state index contributed by atoms with van der Waals surface area (Å²) in [5.74, 6) is 0. The largest absolute Gasteiger partial charge is 0.255 e. The second-order valence-corrected chi connectivity index (χ2v) is 12.3. The van der Waals surface area contributed by atoms with Crippen LogP contribution in [-0.2, 0) is 11.8 Å². The highest BCUT2D eigenvalue weighted by molar-refractivity contribution is 7.26. The van der Waals surface area contributed by atoms with Crippen LogP contribution in [0.25, 0.3) is 42.2 Å². The van der Waals surface area contributed by atoms with E-state index in [0.29, 0.717) is 0 Å². The molecule has 5 aromatic rings. The topological polar surface area (TPSA) is 12.9 Å². The van der Waals surface area contributed by atoms with Crippen molar-refractivity contribution < 1.29 is 0 Å². The molecule has 3 aromatic carbocycles. The summed E-state index contributed by atoms with van der Waals surface area (Å²) in [7, 11) is 0. The second kappa shape index (κ2) is 7.42. The Morgan fingerprint density at radius 2 is 1.56 bits per heavy atom. The van der Waals surface area contributed by atoms with Crippen LogP contribution >= 0.6 is 11.3 Å². The molecule has 2 heterocycles. The minimum absolute atomic E-state index is 0.0610. The molecule has 0 aliphatic carbocycles. The standard InChI is InChI=1S/C30H31NS/c1-29(2,3)18-19-11-12-23-24-13-14-31-27(28(24)32-26(23)15-19)21-16-20-9-7-8-10-22(20)25(17-21)30(4,5)6/h7-17H,18H2,1-6H3. The molecule has 1 nitrogen and oxygen atoms in total. The first-order chi connectivity index (χ1) is 15.1. The number of fused-ring (bicyclic) bond motifs is 4. The van der Waals surface area contributed by atoms with E-state index < -0.39 is 0 Å². The molecular weight excluding hydrogens is 406 g/mol. The lowest BCUT2D eigenvalue weighted by Crippen LogP contribution is -2.12. The van der Waals surface area contributed by atoms with Crippen LogP contribution in [0.4, 0.5) is 0 Å². The normalized spacial score (nSPS) is 12.8. The lowest BCUT2D eigenvalue weighted by Gasteiger charge is -2.22. The molecule has 32 heavy (non-hydrogen) atoms. The van der Waals surface area contributed by atoms with Gasteiger partial charge >= 0.3 is 0 Å². The zero-order chi connectivity index (χ0) is 22.7. The molecule has 0 aliphatic rings. The van der Waals surface area contributed by atoms with Gasteiger partial charge in [0.2, 0.25) is 0 Å². The average molecular weight is 438 g/mol. The van der Waals surface area contributed by atoms with Crippen molar-refractivity contribution in [3.05, 3.63) is 78.0 Å². The number of rotatable bonds is 2. The van der Waals surface area contributed by atoms with Crippen molar-refractivity contribution in [1.29, 1.82) is 0 Å². The van der Waals surface area contributed by atoms with E-state index in [9.17, 15) is 0 Å². The molecule has 0 fully saturated rings. The van der Waals surface area contributed by atoms with Gasteiger partial charge < -0.3 is 0 Å². The van der Waals surface area contributed by atoms with Crippen LogP contribution in [0.1, 0.15) is 52.7 Å². The fraction of sp³-hybridized carbons (Fsp3) is 0.300. The van der Waals surface area contributed by atoms with Crippen molar-refractivity contribution >= 4 is 42.3 Å². The first-order valence-electron chi connectivity index (χ1n) is 11.4. The van der Waals surface area contributed by atoms with Crippen LogP contribution in [0.2, 0.25) is 0 Å². The molecule has 2 heteroatoms. The fourth-order valence-corrected chi connectivity index (χ4v) is 6.02. The summed E-state index contributed by atoms with van der Waals surface area (Å²) in [6.45, 7) is 13.8. The predicted molar refractivity (Wildman–Crippen MR) is 142 cm³/mol. The van der Waals surface area contributed by atoms with Gasteiger partial charge in [-0.25, -0.2) is 0 Å². The van der Waals surface area contributed by atoms with Crippen molar-refractivity contribution in [3.63, 3.8) is 0 Å². The molecule has 0 amide bonds. The summed E-state index contributed by atoms with van der Waals surface area (Å²) in [6.07, 6.45) is 3.06. The van der Waals surface area contributed by atoms with Crippen LogP contribution in [0.15, 0.2) is 66.9 Å². The van der Waals surface area contributed by atoms with E-state index in [1.807, 2.05) is 17.5 Å². The molecule has 0 radical (unpaired) electrons. The monoisotopic (exact) mass is 437 g/mol. The zero-order valence-electron chi connectivity index (χ0n) is 19.9. The van der Waals surface area contributed by atoms with Gasteiger partial charge in [0.1, 0.15) is 0 Å². The summed E-state index contributed by atoms with van der Waals surface area (Å²) in [5, 5.41) is 5.26. The molecule has 0 bridgehead atoms. The Balaban J connectivity index is 1.74. The van der Waals surface area contributed by atoms with Crippen molar-refractivity contribution in [2.75, 3.05) is 0 Å². The molecule has 0 aliphatic heterocycles. The average Bonchev–Trinajstić information content (AvgIpc) is 3.08. The molecule has 0 atom stereocenters. The summed E-state index contributed by atoms with van der Waals surface area (Å²) in [6, 6.07) is 22.6.